The Bertz CT molecular complexity index is 365. The van der Waals surface area contributed by atoms with Crippen molar-refractivity contribution in [3.8, 4) is 5.75 Å². The summed E-state index contributed by atoms with van der Waals surface area (Å²) in [6.07, 6.45) is 1.04. The monoisotopic (exact) mass is 235 g/mol. The fourth-order valence-corrected chi connectivity index (χ4v) is 2.09. The van der Waals surface area contributed by atoms with E-state index in [1.807, 2.05) is 6.92 Å². The summed E-state index contributed by atoms with van der Waals surface area (Å²) in [5.41, 5.74) is 2.66. The molecule has 3 nitrogen and oxygen atoms in total. The van der Waals surface area contributed by atoms with E-state index >= 15 is 0 Å². The maximum absolute atomic E-state index is 5.51. The highest BCUT2D eigenvalue weighted by molar-refractivity contribution is 5.40. The van der Waals surface area contributed by atoms with Gasteiger partial charge in [-0.05, 0) is 31.0 Å². The summed E-state index contributed by atoms with van der Waals surface area (Å²) < 4.78 is 10.8. The topological polar surface area (TPSA) is 30.5 Å². The highest BCUT2D eigenvalue weighted by Crippen LogP contribution is 2.27. The lowest BCUT2D eigenvalue weighted by Gasteiger charge is -2.15. The van der Waals surface area contributed by atoms with Crippen LogP contribution < -0.4 is 10.1 Å². The number of nitrogens with one attached hydrogen (secondary N) is 1. The van der Waals surface area contributed by atoms with Crippen LogP contribution in [-0.2, 0) is 11.2 Å². The standard InChI is InChI=1S/C14H21NO2/c1-3-16-9-7-15-11(2)12-4-5-14-13(10-12)6-8-17-14/h4-5,10-11,15H,3,6-9H2,1-2H3. The van der Waals surface area contributed by atoms with E-state index in [1.165, 1.54) is 11.1 Å². The molecule has 1 aromatic carbocycles. The van der Waals surface area contributed by atoms with Gasteiger partial charge in [-0.15, -0.1) is 0 Å². The quantitative estimate of drug-likeness (QED) is 0.767. The molecule has 0 radical (unpaired) electrons. The SMILES string of the molecule is CCOCCNC(C)c1ccc2c(c1)CCO2. The summed E-state index contributed by atoms with van der Waals surface area (Å²) in [5.74, 6) is 1.05. The lowest BCUT2D eigenvalue weighted by molar-refractivity contribution is 0.147. The predicted octanol–water partition coefficient (Wildman–Crippen LogP) is 2.31. The van der Waals surface area contributed by atoms with Gasteiger partial charge in [-0.3, -0.25) is 0 Å². The third kappa shape index (κ3) is 3.20. The van der Waals surface area contributed by atoms with Gasteiger partial charge in [0.25, 0.3) is 0 Å². The van der Waals surface area contributed by atoms with Crippen molar-refractivity contribution in [2.45, 2.75) is 26.3 Å². The second-order valence-corrected chi connectivity index (χ2v) is 4.34. The van der Waals surface area contributed by atoms with E-state index < -0.39 is 0 Å². The molecule has 17 heavy (non-hydrogen) atoms. The van der Waals surface area contributed by atoms with E-state index in [0.29, 0.717) is 6.04 Å². The number of hydrogen-bond donors (Lipinski definition) is 1. The van der Waals surface area contributed by atoms with E-state index in [1.54, 1.807) is 0 Å². The minimum absolute atomic E-state index is 0.362. The van der Waals surface area contributed by atoms with E-state index in [0.717, 1.165) is 38.5 Å². The molecule has 94 valence electrons. The molecule has 1 aliphatic heterocycles. The van der Waals surface area contributed by atoms with Crippen LogP contribution in [0.5, 0.6) is 5.75 Å². The lowest BCUT2D eigenvalue weighted by Crippen LogP contribution is -2.23. The molecule has 1 aromatic rings. The van der Waals surface area contributed by atoms with Gasteiger partial charge in [0.1, 0.15) is 5.75 Å². The minimum Gasteiger partial charge on any atom is -0.493 e. The molecule has 0 amide bonds. The van der Waals surface area contributed by atoms with Crippen LogP contribution in [0.4, 0.5) is 0 Å². The van der Waals surface area contributed by atoms with Gasteiger partial charge in [-0.25, -0.2) is 0 Å². The van der Waals surface area contributed by atoms with Crippen molar-refractivity contribution in [1.29, 1.82) is 0 Å². The number of benzene rings is 1. The van der Waals surface area contributed by atoms with Gasteiger partial charge < -0.3 is 14.8 Å². The second-order valence-electron chi connectivity index (χ2n) is 4.34. The molecule has 2 rings (SSSR count). The average Bonchev–Trinajstić information content (AvgIpc) is 2.81. The molecule has 1 N–H and O–H groups in total. The highest BCUT2D eigenvalue weighted by atomic mass is 16.5. The molecule has 0 aliphatic carbocycles. The summed E-state index contributed by atoms with van der Waals surface area (Å²) in [5, 5.41) is 3.46. The fraction of sp³-hybridized carbons (Fsp3) is 0.571. The molecular formula is C14H21NO2. The zero-order valence-electron chi connectivity index (χ0n) is 10.7. The molecule has 1 heterocycles. The molecule has 0 saturated carbocycles. The Balaban J connectivity index is 1.88. The number of rotatable bonds is 6. The number of hydrogen-bond acceptors (Lipinski definition) is 3. The Hall–Kier alpha value is -1.06. The molecule has 1 unspecified atom stereocenters. The molecule has 0 saturated heterocycles. The van der Waals surface area contributed by atoms with Crippen LogP contribution in [0.2, 0.25) is 0 Å². The first-order chi connectivity index (χ1) is 8.31. The summed E-state index contributed by atoms with van der Waals surface area (Å²) in [4.78, 5) is 0. The largest absolute Gasteiger partial charge is 0.493 e. The van der Waals surface area contributed by atoms with Crippen LogP contribution >= 0.6 is 0 Å². The Morgan fingerprint density at radius 1 is 1.47 bits per heavy atom. The van der Waals surface area contributed by atoms with Crippen LogP contribution in [0, 0.1) is 0 Å². The van der Waals surface area contributed by atoms with Crippen molar-refractivity contribution < 1.29 is 9.47 Å². The maximum atomic E-state index is 5.51. The van der Waals surface area contributed by atoms with Crippen LogP contribution in [0.15, 0.2) is 18.2 Å². The molecular weight excluding hydrogens is 214 g/mol. The number of fused-ring (bicyclic) bond motifs is 1. The van der Waals surface area contributed by atoms with Gasteiger partial charge in [0.2, 0.25) is 0 Å². The highest BCUT2D eigenvalue weighted by Gasteiger charge is 2.14. The summed E-state index contributed by atoms with van der Waals surface area (Å²) in [7, 11) is 0. The van der Waals surface area contributed by atoms with E-state index in [4.69, 9.17) is 9.47 Å². The van der Waals surface area contributed by atoms with Crippen LogP contribution in [0.1, 0.15) is 31.0 Å². The molecule has 1 atom stereocenters. The van der Waals surface area contributed by atoms with Gasteiger partial charge in [0, 0.05) is 25.6 Å². The van der Waals surface area contributed by atoms with Crippen LogP contribution in [0.25, 0.3) is 0 Å². The lowest BCUT2D eigenvalue weighted by atomic mass is 10.0. The van der Waals surface area contributed by atoms with Crippen molar-refractivity contribution in [2.75, 3.05) is 26.4 Å². The zero-order valence-corrected chi connectivity index (χ0v) is 10.7. The Morgan fingerprint density at radius 2 is 2.35 bits per heavy atom. The van der Waals surface area contributed by atoms with Crippen molar-refractivity contribution >= 4 is 0 Å². The molecule has 0 aromatic heterocycles. The summed E-state index contributed by atoms with van der Waals surface area (Å²) in [6.45, 7) is 7.47. The van der Waals surface area contributed by atoms with Gasteiger partial charge in [-0.1, -0.05) is 12.1 Å². The molecule has 0 spiro atoms. The predicted molar refractivity (Wildman–Crippen MR) is 68.6 cm³/mol. The Morgan fingerprint density at radius 3 is 3.18 bits per heavy atom. The molecule has 0 fully saturated rings. The summed E-state index contributed by atoms with van der Waals surface area (Å²) >= 11 is 0. The normalized spacial score (nSPS) is 15.4. The van der Waals surface area contributed by atoms with Gasteiger partial charge >= 0.3 is 0 Å². The van der Waals surface area contributed by atoms with Crippen LogP contribution in [-0.4, -0.2) is 26.4 Å². The smallest absolute Gasteiger partial charge is 0.122 e. The second kappa shape index (κ2) is 6.03. The Labute approximate surface area is 103 Å². The third-order valence-electron chi connectivity index (χ3n) is 3.11. The zero-order chi connectivity index (χ0) is 12.1. The first-order valence-electron chi connectivity index (χ1n) is 6.38. The third-order valence-corrected chi connectivity index (χ3v) is 3.11. The maximum Gasteiger partial charge on any atom is 0.122 e. The number of ether oxygens (including phenoxy) is 2. The van der Waals surface area contributed by atoms with E-state index in [9.17, 15) is 0 Å². The van der Waals surface area contributed by atoms with E-state index in [2.05, 4.69) is 30.4 Å². The molecule has 1 aliphatic rings. The molecule has 3 heteroatoms. The van der Waals surface area contributed by atoms with Gasteiger partial charge in [-0.2, -0.15) is 0 Å². The summed E-state index contributed by atoms with van der Waals surface area (Å²) in [6, 6.07) is 6.84. The minimum atomic E-state index is 0.362. The van der Waals surface area contributed by atoms with Gasteiger partial charge in [0.15, 0.2) is 0 Å². The average molecular weight is 235 g/mol. The van der Waals surface area contributed by atoms with E-state index in [-0.39, 0.29) is 0 Å². The Kier molecular flexibility index (Phi) is 4.40. The van der Waals surface area contributed by atoms with Crippen molar-refractivity contribution in [3.63, 3.8) is 0 Å². The first-order valence-corrected chi connectivity index (χ1v) is 6.38. The van der Waals surface area contributed by atoms with Crippen molar-refractivity contribution in [1.82, 2.24) is 5.32 Å². The van der Waals surface area contributed by atoms with Gasteiger partial charge in [0.05, 0.1) is 13.2 Å². The molecule has 0 bridgehead atoms. The first kappa shape index (κ1) is 12.4. The van der Waals surface area contributed by atoms with Crippen molar-refractivity contribution in [3.05, 3.63) is 29.3 Å². The van der Waals surface area contributed by atoms with Crippen molar-refractivity contribution in [2.24, 2.45) is 0 Å². The fourth-order valence-electron chi connectivity index (χ4n) is 2.09. The van der Waals surface area contributed by atoms with Crippen LogP contribution in [0.3, 0.4) is 0 Å².